The Morgan fingerprint density at radius 2 is 1.84 bits per heavy atom. The summed E-state index contributed by atoms with van der Waals surface area (Å²) in [7, 11) is -1.12. The third-order valence-electron chi connectivity index (χ3n) is 2.59. The Hall–Kier alpha value is -1.70. The molecule has 0 aliphatic rings. The summed E-state index contributed by atoms with van der Waals surface area (Å²) in [5, 5.41) is 9.55. The van der Waals surface area contributed by atoms with Gasteiger partial charge in [-0.15, -0.1) is 0 Å². The van der Waals surface area contributed by atoms with E-state index in [1.165, 1.54) is 0 Å². The molecular formula is C14H11ClN2OS. The molecule has 0 aliphatic carbocycles. The fourth-order valence-corrected chi connectivity index (χ4v) is 3.23. The first kappa shape index (κ1) is 13.7. The fraction of sp³-hybridized carbons (Fsp3) is 0.143. The van der Waals surface area contributed by atoms with Crippen LogP contribution in [0, 0.1) is 11.3 Å². The Kier molecular flexibility index (Phi) is 4.67. The van der Waals surface area contributed by atoms with Gasteiger partial charge in [0.2, 0.25) is 0 Å². The molecule has 0 amide bonds. The Bertz CT molecular complexity index is 652. The minimum atomic E-state index is -1.12. The van der Waals surface area contributed by atoms with Crippen LogP contribution in [-0.2, 0) is 22.3 Å². The van der Waals surface area contributed by atoms with Crippen molar-refractivity contribution in [3.63, 3.8) is 0 Å². The molecule has 0 bridgehead atoms. The predicted octanol–water partition coefficient (Wildman–Crippen LogP) is 3.06. The van der Waals surface area contributed by atoms with E-state index in [0.29, 0.717) is 27.8 Å². The van der Waals surface area contributed by atoms with Crippen molar-refractivity contribution in [2.75, 3.05) is 0 Å². The standard InChI is InChI=1S/C14H11ClN2OS/c15-13-6-2-1-4-11(13)9-19(18)10-12-5-3-7-17-14(12)8-16/h1-7H,9-10H2. The number of nitrogens with zero attached hydrogens (tertiary/aromatic N) is 2. The zero-order valence-corrected chi connectivity index (χ0v) is 11.6. The van der Waals surface area contributed by atoms with Gasteiger partial charge in [0, 0.05) is 27.6 Å². The molecule has 0 saturated heterocycles. The van der Waals surface area contributed by atoms with Gasteiger partial charge in [-0.05, 0) is 17.7 Å². The molecule has 0 aliphatic heterocycles. The Morgan fingerprint density at radius 1 is 1.16 bits per heavy atom. The third kappa shape index (κ3) is 3.63. The van der Waals surface area contributed by atoms with Crippen LogP contribution in [0.4, 0.5) is 0 Å². The highest BCUT2D eigenvalue weighted by molar-refractivity contribution is 7.83. The number of aromatic nitrogens is 1. The average molecular weight is 291 g/mol. The maximum atomic E-state index is 12.1. The Labute approximate surface area is 119 Å². The van der Waals surface area contributed by atoms with Crippen LogP contribution < -0.4 is 0 Å². The zero-order chi connectivity index (χ0) is 13.7. The first-order valence-corrected chi connectivity index (χ1v) is 7.49. The number of hydrogen-bond donors (Lipinski definition) is 0. The maximum absolute atomic E-state index is 12.1. The number of rotatable bonds is 4. The highest BCUT2D eigenvalue weighted by atomic mass is 35.5. The van der Waals surface area contributed by atoms with Gasteiger partial charge in [-0.1, -0.05) is 35.9 Å². The highest BCUT2D eigenvalue weighted by Gasteiger charge is 2.09. The molecule has 19 heavy (non-hydrogen) atoms. The van der Waals surface area contributed by atoms with Crippen LogP contribution in [0.2, 0.25) is 5.02 Å². The van der Waals surface area contributed by atoms with E-state index in [4.69, 9.17) is 16.9 Å². The molecule has 96 valence electrons. The number of benzene rings is 1. The number of pyridine rings is 1. The summed E-state index contributed by atoms with van der Waals surface area (Å²) in [6.07, 6.45) is 1.55. The van der Waals surface area contributed by atoms with E-state index in [0.717, 1.165) is 5.56 Å². The van der Waals surface area contributed by atoms with Gasteiger partial charge in [0.15, 0.2) is 0 Å². The molecule has 0 radical (unpaired) electrons. The van der Waals surface area contributed by atoms with Crippen molar-refractivity contribution in [2.45, 2.75) is 11.5 Å². The Balaban J connectivity index is 2.11. The summed E-state index contributed by atoms with van der Waals surface area (Å²) in [5.74, 6) is 0.682. The molecule has 5 heteroatoms. The lowest BCUT2D eigenvalue weighted by atomic mass is 10.2. The van der Waals surface area contributed by atoms with Gasteiger partial charge in [0.1, 0.15) is 11.8 Å². The second kappa shape index (κ2) is 6.46. The number of hydrogen-bond acceptors (Lipinski definition) is 3. The summed E-state index contributed by atoms with van der Waals surface area (Å²) < 4.78 is 12.1. The molecule has 2 aromatic rings. The van der Waals surface area contributed by atoms with Gasteiger partial charge in [0.25, 0.3) is 0 Å². The van der Waals surface area contributed by atoms with Crippen LogP contribution in [0.3, 0.4) is 0 Å². The van der Waals surface area contributed by atoms with Crippen LogP contribution in [0.15, 0.2) is 42.6 Å². The van der Waals surface area contributed by atoms with Crippen molar-refractivity contribution in [2.24, 2.45) is 0 Å². The summed E-state index contributed by atoms with van der Waals surface area (Å²) in [6, 6.07) is 12.9. The van der Waals surface area contributed by atoms with Gasteiger partial charge >= 0.3 is 0 Å². The van der Waals surface area contributed by atoms with Crippen molar-refractivity contribution in [1.29, 1.82) is 5.26 Å². The topological polar surface area (TPSA) is 53.8 Å². The minimum Gasteiger partial charge on any atom is -0.259 e. The van der Waals surface area contributed by atoms with Crippen molar-refractivity contribution in [3.8, 4) is 6.07 Å². The second-order valence-corrected chi connectivity index (χ2v) is 5.81. The summed E-state index contributed by atoms with van der Waals surface area (Å²) in [5.41, 5.74) is 1.88. The smallest absolute Gasteiger partial charge is 0.144 e. The number of nitriles is 1. The zero-order valence-electron chi connectivity index (χ0n) is 10.0. The van der Waals surface area contributed by atoms with Crippen molar-refractivity contribution < 1.29 is 4.21 Å². The average Bonchev–Trinajstić information content (AvgIpc) is 2.42. The largest absolute Gasteiger partial charge is 0.259 e. The lowest BCUT2D eigenvalue weighted by Crippen LogP contribution is -2.02. The molecule has 0 N–H and O–H groups in total. The van der Waals surface area contributed by atoms with Crippen molar-refractivity contribution in [1.82, 2.24) is 4.98 Å². The van der Waals surface area contributed by atoms with E-state index in [9.17, 15) is 4.21 Å². The molecule has 1 atom stereocenters. The van der Waals surface area contributed by atoms with Crippen LogP contribution in [0.5, 0.6) is 0 Å². The molecule has 1 aromatic carbocycles. The van der Waals surface area contributed by atoms with Crippen LogP contribution >= 0.6 is 11.6 Å². The quantitative estimate of drug-likeness (QED) is 0.869. The lowest BCUT2D eigenvalue weighted by Gasteiger charge is -2.05. The van der Waals surface area contributed by atoms with Gasteiger partial charge in [-0.2, -0.15) is 5.26 Å². The van der Waals surface area contributed by atoms with E-state index in [1.54, 1.807) is 24.4 Å². The fourth-order valence-electron chi connectivity index (χ4n) is 1.67. The monoisotopic (exact) mass is 290 g/mol. The van der Waals surface area contributed by atoms with E-state index < -0.39 is 10.8 Å². The van der Waals surface area contributed by atoms with Gasteiger partial charge in [-0.25, -0.2) is 4.98 Å². The molecular weight excluding hydrogens is 280 g/mol. The molecule has 1 aromatic heterocycles. The van der Waals surface area contributed by atoms with Gasteiger partial charge in [-0.3, -0.25) is 4.21 Å². The molecule has 1 unspecified atom stereocenters. The molecule has 3 nitrogen and oxygen atoms in total. The summed E-state index contributed by atoms with van der Waals surface area (Å²) in [6.45, 7) is 0. The maximum Gasteiger partial charge on any atom is 0.144 e. The van der Waals surface area contributed by atoms with Crippen molar-refractivity contribution in [3.05, 3.63) is 64.4 Å². The first-order chi connectivity index (χ1) is 9.20. The highest BCUT2D eigenvalue weighted by Crippen LogP contribution is 2.18. The predicted molar refractivity (Wildman–Crippen MR) is 76.0 cm³/mol. The Morgan fingerprint density at radius 3 is 2.58 bits per heavy atom. The molecule has 2 rings (SSSR count). The first-order valence-electron chi connectivity index (χ1n) is 5.63. The normalized spacial score (nSPS) is 11.8. The second-order valence-electron chi connectivity index (χ2n) is 3.94. The molecule has 1 heterocycles. The van der Waals surface area contributed by atoms with E-state index >= 15 is 0 Å². The third-order valence-corrected chi connectivity index (χ3v) is 4.22. The van der Waals surface area contributed by atoms with E-state index in [1.807, 2.05) is 24.3 Å². The number of halogens is 1. The van der Waals surface area contributed by atoms with Crippen LogP contribution in [0.25, 0.3) is 0 Å². The van der Waals surface area contributed by atoms with E-state index in [2.05, 4.69) is 4.98 Å². The minimum absolute atomic E-state index is 0.307. The molecule has 0 saturated carbocycles. The van der Waals surface area contributed by atoms with Crippen LogP contribution in [0.1, 0.15) is 16.8 Å². The van der Waals surface area contributed by atoms with E-state index in [-0.39, 0.29) is 0 Å². The van der Waals surface area contributed by atoms with Crippen LogP contribution in [-0.4, -0.2) is 9.19 Å². The summed E-state index contributed by atoms with van der Waals surface area (Å²) in [4.78, 5) is 3.95. The lowest BCUT2D eigenvalue weighted by molar-refractivity contribution is 0.682. The van der Waals surface area contributed by atoms with Gasteiger partial charge in [0.05, 0.1) is 11.5 Å². The molecule has 0 spiro atoms. The molecule has 0 fully saturated rings. The summed E-state index contributed by atoms with van der Waals surface area (Å²) >= 11 is 6.03. The van der Waals surface area contributed by atoms with Gasteiger partial charge < -0.3 is 0 Å². The SMILES string of the molecule is N#Cc1ncccc1CS(=O)Cc1ccccc1Cl. The van der Waals surface area contributed by atoms with Crippen molar-refractivity contribution >= 4 is 22.4 Å².